The first kappa shape index (κ1) is 13.9. The van der Waals surface area contributed by atoms with Crippen molar-refractivity contribution in [3.8, 4) is 0 Å². The molecule has 2 atom stereocenters. The molecular formula is C14H21N3O2S. The maximum atomic E-state index is 12.3. The Morgan fingerprint density at radius 1 is 1.35 bits per heavy atom. The fourth-order valence-corrected chi connectivity index (χ4v) is 4.59. The monoisotopic (exact) mass is 295 g/mol. The van der Waals surface area contributed by atoms with Gasteiger partial charge in [-0.3, -0.25) is 0 Å². The number of para-hydroxylation sites is 1. The van der Waals surface area contributed by atoms with E-state index in [1.807, 2.05) is 12.1 Å². The van der Waals surface area contributed by atoms with Gasteiger partial charge in [0.2, 0.25) is 10.0 Å². The van der Waals surface area contributed by atoms with Gasteiger partial charge in [0.1, 0.15) is 4.90 Å². The van der Waals surface area contributed by atoms with Crippen molar-refractivity contribution in [3.63, 3.8) is 0 Å². The van der Waals surface area contributed by atoms with Gasteiger partial charge in [0.05, 0.1) is 5.69 Å². The van der Waals surface area contributed by atoms with Crippen LogP contribution in [0.25, 0.3) is 0 Å². The van der Waals surface area contributed by atoms with Gasteiger partial charge in [0.15, 0.2) is 0 Å². The molecule has 6 heteroatoms. The normalized spacial score (nSPS) is 25.9. The number of fused-ring (bicyclic) bond motifs is 1. The molecule has 0 saturated carbocycles. The molecule has 3 rings (SSSR count). The number of benzene rings is 1. The van der Waals surface area contributed by atoms with Gasteiger partial charge in [0.25, 0.3) is 0 Å². The van der Waals surface area contributed by atoms with E-state index in [9.17, 15) is 8.42 Å². The van der Waals surface area contributed by atoms with E-state index in [0.717, 1.165) is 31.7 Å². The Labute approximate surface area is 120 Å². The van der Waals surface area contributed by atoms with Crippen molar-refractivity contribution in [2.24, 2.45) is 5.92 Å². The van der Waals surface area contributed by atoms with Crippen molar-refractivity contribution in [3.05, 3.63) is 24.3 Å². The van der Waals surface area contributed by atoms with Gasteiger partial charge in [-0.25, -0.2) is 13.1 Å². The molecule has 0 radical (unpaired) electrons. The molecule has 1 aromatic rings. The van der Waals surface area contributed by atoms with Crippen molar-refractivity contribution in [1.29, 1.82) is 0 Å². The van der Waals surface area contributed by atoms with E-state index in [0.29, 0.717) is 23.4 Å². The van der Waals surface area contributed by atoms with Gasteiger partial charge in [-0.2, -0.15) is 0 Å². The second kappa shape index (κ2) is 5.35. The van der Waals surface area contributed by atoms with E-state index in [-0.39, 0.29) is 0 Å². The molecule has 2 N–H and O–H groups in total. The maximum absolute atomic E-state index is 12.3. The van der Waals surface area contributed by atoms with Crippen LogP contribution in [0.1, 0.15) is 13.3 Å². The first-order valence-corrected chi connectivity index (χ1v) is 8.68. The van der Waals surface area contributed by atoms with Crippen LogP contribution in [0.5, 0.6) is 0 Å². The Hall–Kier alpha value is -1.11. The molecule has 1 aromatic carbocycles. The molecule has 0 aliphatic carbocycles. The highest BCUT2D eigenvalue weighted by Gasteiger charge is 2.39. The van der Waals surface area contributed by atoms with Crippen LogP contribution in [0.2, 0.25) is 0 Å². The second-order valence-corrected chi connectivity index (χ2v) is 7.17. The first-order chi connectivity index (χ1) is 9.63. The van der Waals surface area contributed by atoms with Crippen LogP contribution in [0, 0.1) is 5.92 Å². The van der Waals surface area contributed by atoms with Crippen molar-refractivity contribution < 1.29 is 8.42 Å². The molecule has 20 heavy (non-hydrogen) atoms. The smallest absolute Gasteiger partial charge is 0.242 e. The summed E-state index contributed by atoms with van der Waals surface area (Å²) in [6.45, 7) is 5.14. The molecule has 2 fully saturated rings. The van der Waals surface area contributed by atoms with E-state index in [2.05, 4.69) is 14.9 Å². The fraction of sp³-hybridized carbons (Fsp3) is 0.571. The topological polar surface area (TPSA) is 61.4 Å². The molecule has 2 heterocycles. The summed E-state index contributed by atoms with van der Waals surface area (Å²) in [7, 11) is -3.42. The minimum Gasteiger partial charge on any atom is -0.366 e. The number of rotatable bonds is 4. The number of hydrogen-bond donors (Lipinski definition) is 2. The summed E-state index contributed by atoms with van der Waals surface area (Å²) in [5, 5.41) is 3.40. The quantitative estimate of drug-likeness (QED) is 0.862. The van der Waals surface area contributed by atoms with Crippen LogP contribution in [-0.2, 0) is 10.0 Å². The summed E-state index contributed by atoms with van der Waals surface area (Å²) in [6.07, 6.45) is 1.13. The average molecular weight is 295 g/mol. The Kier molecular flexibility index (Phi) is 3.70. The Bertz CT molecular complexity index is 588. The molecule has 0 bridgehead atoms. The minimum absolute atomic E-state index is 0.398. The lowest BCUT2D eigenvalue weighted by Gasteiger charge is -2.27. The summed E-state index contributed by atoms with van der Waals surface area (Å²) in [5.41, 5.74) is 0.838. The van der Waals surface area contributed by atoms with Crippen molar-refractivity contribution in [2.45, 2.75) is 24.3 Å². The summed E-state index contributed by atoms with van der Waals surface area (Å²) >= 11 is 0. The summed E-state index contributed by atoms with van der Waals surface area (Å²) in [5.74, 6) is 0.643. The first-order valence-electron chi connectivity index (χ1n) is 7.19. The van der Waals surface area contributed by atoms with E-state index in [1.54, 1.807) is 19.1 Å². The molecule has 2 saturated heterocycles. The molecule has 0 amide bonds. The lowest BCUT2D eigenvalue weighted by Crippen LogP contribution is -2.36. The summed E-state index contributed by atoms with van der Waals surface area (Å²) in [4.78, 5) is 2.66. The summed E-state index contributed by atoms with van der Waals surface area (Å²) in [6, 6.07) is 7.74. The second-order valence-electron chi connectivity index (χ2n) is 5.44. The number of nitrogens with one attached hydrogen (secondary N) is 2. The highest BCUT2D eigenvalue weighted by molar-refractivity contribution is 7.89. The highest BCUT2D eigenvalue weighted by atomic mass is 32.2. The van der Waals surface area contributed by atoms with E-state index < -0.39 is 10.0 Å². The van der Waals surface area contributed by atoms with Gasteiger partial charge >= 0.3 is 0 Å². The average Bonchev–Trinajstić information content (AvgIpc) is 3.01. The van der Waals surface area contributed by atoms with Crippen LogP contribution >= 0.6 is 0 Å². The lowest BCUT2D eigenvalue weighted by atomic mass is 10.1. The fourth-order valence-electron chi connectivity index (χ4n) is 3.34. The number of sulfonamides is 1. The number of nitrogens with zero attached hydrogens (tertiary/aromatic N) is 1. The molecule has 0 unspecified atom stereocenters. The van der Waals surface area contributed by atoms with Crippen molar-refractivity contribution in [2.75, 3.05) is 31.1 Å². The molecular weight excluding hydrogens is 274 g/mol. The van der Waals surface area contributed by atoms with Gasteiger partial charge in [-0.15, -0.1) is 0 Å². The van der Waals surface area contributed by atoms with Crippen LogP contribution in [0.4, 0.5) is 5.69 Å². The van der Waals surface area contributed by atoms with Crippen LogP contribution in [0.15, 0.2) is 29.2 Å². The molecule has 2 aliphatic rings. The number of anilines is 1. The highest BCUT2D eigenvalue weighted by Crippen LogP contribution is 2.35. The zero-order valence-electron chi connectivity index (χ0n) is 11.7. The van der Waals surface area contributed by atoms with Gasteiger partial charge < -0.3 is 10.2 Å². The predicted molar refractivity (Wildman–Crippen MR) is 79.4 cm³/mol. The minimum atomic E-state index is -3.42. The predicted octanol–water partition coefficient (Wildman–Crippen LogP) is 0.783. The standard InChI is InChI=1S/C14H21N3O2S/c1-2-16-20(18,19)14-6-4-3-5-12(14)17-8-7-11-9-15-10-13(11)17/h3-6,11,13,15-16H,2,7-10H2,1H3/t11-,13+/m0/s1. The van der Waals surface area contributed by atoms with E-state index in [4.69, 9.17) is 0 Å². The van der Waals surface area contributed by atoms with Gasteiger partial charge in [-0.05, 0) is 24.5 Å². The third-order valence-corrected chi connectivity index (χ3v) is 5.84. The van der Waals surface area contributed by atoms with Crippen LogP contribution < -0.4 is 14.9 Å². The molecule has 5 nitrogen and oxygen atoms in total. The van der Waals surface area contributed by atoms with E-state index >= 15 is 0 Å². The zero-order valence-corrected chi connectivity index (χ0v) is 12.5. The molecule has 0 spiro atoms. The van der Waals surface area contributed by atoms with Crippen LogP contribution in [-0.4, -0.2) is 40.6 Å². The summed E-state index contributed by atoms with van der Waals surface area (Å²) < 4.78 is 27.3. The Morgan fingerprint density at radius 2 is 2.15 bits per heavy atom. The van der Waals surface area contributed by atoms with Gasteiger partial charge in [0, 0.05) is 32.2 Å². The number of hydrogen-bond acceptors (Lipinski definition) is 4. The SMILES string of the molecule is CCNS(=O)(=O)c1ccccc1N1CC[C@H]2CNC[C@H]21. The third kappa shape index (κ3) is 2.32. The largest absolute Gasteiger partial charge is 0.366 e. The van der Waals surface area contributed by atoms with Gasteiger partial charge in [-0.1, -0.05) is 19.1 Å². The molecule has 0 aromatic heterocycles. The maximum Gasteiger partial charge on any atom is 0.242 e. The Balaban J connectivity index is 1.98. The van der Waals surface area contributed by atoms with E-state index in [1.165, 1.54) is 0 Å². The molecule has 2 aliphatic heterocycles. The van der Waals surface area contributed by atoms with Crippen molar-refractivity contribution in [1.82, 2.24) is 10.0 Å². The third-order valence-electron chi connectivity index (χ3n) is 4.24. The lowest BCUT2D eigenvalue weighted by molar-refractivity contribution is 0.574. The van der Waals surface area contributed by atoms with Crippen LogP contribution in [0.3, 0.4) is 0 Å². The zero-order chi connectivity index (χ0) is 14.2. The Morgan fingerprint density at radius 3 is 2.95 bits per heavy atom. The van der Waals surface area contributed by atoms with Crippen molar-refractivity contribution >= 4 is 15.7 Å². The molecule has 110 valence electrons.